The Kier molecular flexibility index (Phi) is 35.7. The molecule has 0 saturated heterocycles. The second kappa shape index (κ2) is 36.8. The fourth-order valence-electron chi connectivity index (χ4n) is 5.14. The molecule has 0 fully saturated rings. The van der Waals surface area contributed by atoms with E-state index in [4.69, 9.17) is 24.3 Å². The van der Waals surface area contributed by atoms with E-state index in [1.807, 2.05) is 6.08 Å². The Morgan fingerprint density at radius 1 is 0.625 bits per heavy atom. The Labute approximate surface area is 295 Å². The standard InChI is InChI=1S/C39H74NO7P/c1-3-5-7-9-11-13-15-17-18-19-21-23-25-27-29-31-34-44-38(37-47-48(42,43)46-35-33-40)36-45-39(41)32-30-28-26-24-22-20-16-14-12-10-8-6-4-2/h14,16-18,31,34,38H,3-13,15,19-30,32-33,35-37,40H2,1-2H3,(H,42,43)/b16-14-,18-17-,34-31-/t38-/m1/s1. The lowest BCUT2D eigenvalue weighted by Gasteiger charge is -2.19. The Morgan fingerprint density at radius 3 is 1.56 bits per heavy atom. The average Bonchev–Trinajstić information content (AvgIpc) is 3.08. The minimum Gasteiger partial charge on any atom is -0.492 e. The first kappa shape index (κ1) is 46.6. The van der Waals surface area contributed by atoms with E-state index in [1.165, 1.54) is 103 Å². The highest BCUT2D eigenvalue weighted by Crippen LogP contribution is 2.43. The average molecular weight is 700 g/mol. The number of hydrogen-bond acceptors (Lipinski definition) is 7. The summed E-state index contributed by atoms with van der Waals surface area (Å²) in [5.74, 6) is -0.303. The van der Waals surface area contributed by atoms with Gasteiger partial charge in [-0.2, -0.15) is 0 Å². The smallest absolute Gasteiger partial charge is 0.472 e. The summed E-state index contributed by atoms with van der Waals surface area (Å²) in [6, 6.07) is 0. The quantitative estimate of drug-likeness (QED) is 0.0216. The minimum atomic E-state index is -4.27. The second-order valence-corrected chi connectivity index (χ2v) is 14.3. The van der Waals surface area contributed by atoms with Crippen LogP contribution in [0.1, 0.15) is 174 Å². The van der Waals surface area contributed by atoms with Gasteiger partial charge >= 0.3 is 13.8 Å². The molecule has 0 bridgehead atoms. The number of allylic oxidation sites excluding steroid dienone is 5. The van der Waals surface area contributed by atoms with Gasteiger partial charge in [0.05, 0.1) is 19.5 Å². The third kappa shape index (κ3) is 35.9. The van der Waals surface area contributed by atoms with Crippen molar-refractivity contribution in [1.29, 1.82) is 0 Å². The van der Waals surface area contributed by atoms with Gasteiger partial charge in [-0.1, -0.05) is 122 Å². The highest BCUT2D eigenvalue weighted by Gasteiger charge is 2.24. The number of hydrogen-bond donors (Lipinski definition) is 2. The SMILES string of the molecule is CCCCCC/C=C\CCCCCCCC(=O)OC[C@H](COP(=O)(O)OCCN)O/C=C\CCCCCC/C=C\CCCCCCCC. The van der Waals surface area contributed by atoms with E-state index in [0.29, 0.717) is 6.42 Å². The van der Waals surface area contributed by atoms with Crippen LogP contribution >= 0.6 is 7.82 Å². The van der Waals surface area contributed by atoms with E-state index in [2.05, 4.69) is 38.2 Å². The largest absolute Gasteiger partial charge is 0.492 e. The summed E-state index contributed by atoms with van der Waals surface area (Å²) in [5.41, 5.74) is 5.35. The van der Waals surface area contributed by atoms with Crippen molar-refractivity contribution in [2.75, 3.05) is 26.4 Å². The summed E-state index contributed by atoms with van der Waals surface area (Å²) < 4.78 is 33.1. The summed E-state index contributed by atoms with van der Waals surface area (Å²) >= 11 is 0. The lowest BCUT2D eigenvalue weighted by atomic mass is 10.1. The van der Waals surface area contributed by atoms with Gasteiger partial charge in [0.25, 0.3) is 0 Å². The van der Waals surface area contributed by atoms with Crippen LogP contribution in [-0.4, -0.2) is 43.3 Å². The summed E-state index contributed by atoms with van der Waals surface area (Å²) in [4.78, 5) is 22.2. The fraction of sp³-hybridized carbons (Fsp3) is 0.821. The van der Waals surface area contributed by atoms with E-state index in [0.717, 1.165) is 51.4 Å². The molecule has 0 radical (unpaired) electrons. The van der Waals surface area contributed by atoms with Crippen molar-refractivity contribution in [3.63, 3.8) is 0 Å². The molecule has 9 heteroatoms. The fourth-order valence-corrected chi connectivity index (χ4v) is 5.91. The molecule has 0 amide bonds. The van der Waals surface area contributed by atoms with Crippen molar-refractivity contribution in [2.45, 2.75) is 180 Å². The lowest BCUT2D eigenvalue weighted by molar-refractivity contribution is -0.147. The summed E-state index contributed by atoms with van der Waals surface area (Å²) in [6.07, 6.45) is 41.1. The molecule has 0 heterocycles. The molecule has 48 heavy (non-hydrogen) atoms. The topological polar surface area (TPSA) is 117 Å². The molecule has 0 aromatic rings. The van der Waals surface area contributed by atoms with Crippen molar-refractivity contribution >= 4 is 13.8 Å². The zero-order chi connectivity index (χ0) is 35.2. The third-order valence-electron chi connectivity index (χ3n) is 8.12. The van der Waals surface area contributed by atoms with Crippen molar-refractivity contribution in [1.82, 2.24) is 0 Å². The number of nitrogens with two attached hydrogens (primary N) is 1. The Morgan fingerprint density at radius 2 is 1.06 bits per heavy atom. The molecule has 1 unspecified atom stereocenters. The van der Waals surface area contributed by atoms with E-state index in [-0.39, 0.29) is 32.3 Å². The molecule has 0 aliphatic heterocycles. The van der Waals surface area contributed by atoms with Gasteiger partial charge in [0.15, 0.2) is 6.10 Å². The van der Waals surface area contributed by atoms with Crippen LogP contribution in [0.2, 0.25) is 0 Å². The molecule has 0 aliphatic carbocycles. The van der Waals surface area contributed by atoms with Crippen LogP contribution in [0.25, 0.3) is 0 Å². The van der Waals surface area contributed by atoms with Crippen molar-refractivity contribution in [3.8, 4) is 0 Å². The highest BCUT2D eigenvalue weighted by molar-refractivity contribution is 7.47. The van der Waals surface area contributed by atoms with Gasteiger partial charge in [-0.3, -0.25) is 13.8 Å². The van der Waals surface area contributed by atoms with Crippen LogP contribution in [0.4, 0.5) is 0 Å². The Bertz CT molecular complexity index is 833. The first-order chi connectivity index (χ1) is 23.4. The third-order valence-corrected chi connectivity index (χ3v) is 9.10. The van der Waals surface area contributed by atoms with Crippen LogP contribution in [0.3, 0.4) is 0 Å². The number of unbranched alkanes of at least 4 members (excludes halogenated alkanes) is 20. The predicted octanol–water partition coefficient (Wildman–Crippen LogP) is 11.4. The lowest BCUT2D eigenvalue weighted by Crippen LogP contribution is -2.25. The van der Waals surface area contributed by atoms with E-state index in [9.17, 15) is 14.3 Å². The van der Waals surface area contributed by atoms with Gasteiger partial charge in [0.1, 0.15) is 6.61 Å². The number of carbonyl (C=O) groups excluding carboxylic acids is 1. The van der Waals surface area contributed by atoms with E-state index < -0.39 is 13.9 Å². The van der Waals surface area contributed by atoms with Crippen LogP contribution in [0, 0.1) is 0 Å². The van der Waals surface area contributed by atoms with Crippen LogP contribution in [-0.2, 0) is 27.9 Å². The zero-order valence-electron chi connectivity index (χ0n) is 31.0. The second-order valence-electron chi connectivity index (χ2n) is 12.8. The molecule has 0 saturated carbocycles. The first-order valence-electron chi connectivity index (χ1n) is 19.5. The maximum atomic E-state index is 12.3. The predicted molar refractivity (Wildman–Crippen MR) is 201 cm³/mol. The molecule has 0 aromatic heterocycles. The van der Waals surface area contributed by atoms with Crippen molar-refractivity contribution < 1.29 is 32.8 Å². The molecular formula is C39H74NO7P. The molecule has 0 aromatic carbocycles. The molecule has 2 atom stereocenters. The molecular weight excluding hydrogens is 625 g/mol. The van der Waals surface area contributed by atoms with Gasteiger partial charge in [0, 0.05) is 13.0 Å². The molecule has 282 valence electrons. The van der Waals surface area contributed by atoms with E-state index >= 15 is 0 Å². The number of ether oxygens (including phenoxy) is 2. The van der Waals surface area contributed by atoms with Gasteiger partial charge < -0.3 is 20.1 Å². The minimum absolute atomic E-state index is 0.0722. The Hall–Kier alpha value is -1.44. The normalized spacial score (nSPS) is 13.9. The number of phosphoric ester groups is 1. The molecule has 0 rings (SSSR count). The van der Waals surface area contributed by atoms with Gasteiger partial charge in [-0.25, -0.2) is 4.57 Å². The molecule has 8 nitrogen and oxygen atoms in total. The van der Waals surface area contributed by atoms with E-state index in [1.54, 1.807) is 6.26 Å². The summed E-state index contributed by atoms with van der Waals surface area (Å²) in [7, 11) is -4.27. The first-order valence-corrected chi connectivity index (χ1v) is 21.0. The van der Waals surface area contributed by atoms with Crippen molar-refractivity contribution in [3.05, 3.63) is 36.6 Å². The van der Waals surface area contributed by atoms with Crippen LogP contribution in [0.15, 0.2) is 36.6 Å². The Balaban J connectivity index is 4.17. The maximum Gasteiger partial charge on any atom is 0.472 e. The number of carbonyl (C=O) groups is 1. The maximum absolute atomic E-state index is 12.3. The zero-order valence-corrected chi connectivity index (χ0v) is 31.9. The number of esters is 1. The van der Waals surface area contributed by atoms with Gasteiger partial charge in [0.2, 0.25) is 0 Å². The number of phosphoric acid groups is 1. The van der Waals surface area contributed by atoms with Gasteiger partial charge in [-0.05, 0) is 76.7 Å². The highest BCUT2D eigenvalue weighted by atomic mass is 31.2. The van der Waals surface area contributed by atoms with Crippen molar-refractivity contribution in [2.24, 2.45) is 5.73 Å². The molecule has 3 N–H and O–H groups in total. The summed E-state index contributed by atoms with van der Waals surface area (Å²) in [5, 5.41) is 0. The summed E-state index contributed by atoms with van der Waals surface area (Å²) in [6.45, 7) is 4.17. The molecule has 0 spiro atoms. The van der Waals surface area contributed by atoms with Crippen LogP contribution in [0.5, 0.6) is 0 Å². The van der Waals surface area contributed by atoms with Crippen LogP contribution < -0.4 is 5.73 Å². The van der Waals surface area contributed by atoms with Gasteiger partial charge in [-0.15, -0.1) is 0 Å². The monoisotopic (exact) mass is 700 g/mol. The molecule has 0 aliphatic rings. The number of rotatable bonds is 37.